The number of nitrogens with one attached hydrogen (secondary N) is 2. The van der Waals surface area contributed by atoms with Crippen LogP contribution in [0.15, 0.2) is 36.7 Å². The molecule has 0 spiro atoms. The number of hydrogen-bond acceptors (Lipinski definition) is 3. The van der Waals surface area contributed by atoms with E-state index >= 15 is 0 Å². The van der Waals surface area contributed by atoms with Crippen molar-refractivity contribution in [3.8, 4) is 5.75 Å². The van der Waals surface area contributed by atoms with Crippen molar-refractivity contribution < 1.29 is 9.90 Å². The second-order valence-corrected chi connectivity index (χ2v) is 4.35. The number of rotatable bonds is 5. The highest BCUT2D eigenvalue weighted by Gasteiger charge is 2.14. The van der Waals surface area contributed by atoms with Gasteiger partial charge in [0.05, 0.1) is 12.5 Å². The number of aromatic nitrogens is 2. The molecular formula is C14H17N3O2. The van der Waals surface area contributed by atoms with E-state index in [0.717, 1.165) is 17.8 Å². The van der Waals surface area contributed by atoms with Crippen molar-refractivity contribution in [2.24, 2.45) is 0 Å². The number of carbonyl (C=O) groups excluding carboxylic acids is 1. The van der Waals surface area contributed by atoms with E-state index in [1.54, 1.807) is 36.7 Å². The summed E-state index contributed by atoms with van der Waals surface area (Å²) in [5.74, 6) is 0.904. The number of carbonyl (C=O) groups is 1. The van der Waals surface area contributed by atoms with Crippen LogP contribution in [0.25, 0.3) is 0 Å². The minimum atomic E-state index is -0.0976. The molecule has 1 atom stereocenters. The summed E-state index contributed by atoms with van der Waals surface area (Å²) in [6.07, 6.45) is 4.47. The number of imidazole rings is 1. The molecule has 0 aliphatic heterocycles. The summed E-state index contributed by atoms with van der Waals surface area (Å²) in [4.78, 5) is 19.1. The zero-order valence-corrected chi connectivity index (χ0v) is 10.8. The third kappa shape index (κ3) is 3.58. The molecule has 0 aliphatic rings. The Morgan fingerprint density at radius 1 is 1.42 bits per heavy atom. The average molecular weight is 259 g/mol. The van der Waals surface area contributed by atoms with Gasteiger partial charge in [0, 0.05) is 12.4 Å². The summed E-state index contributed by atoms with van der Waals surface area (Å²) in [5.41, 5.74) is 0.865. The van der Waals surface area contributed by atoms with Gasteiger partial charge in [0.1, 0.15) is 11.6 Å². The molecule has 1 heterocycles. The van der Waals surface area contributed by atoms with Gasteiger partial charge >= 0.3 is 0 Å². The van der Waals surface area contributed by atoms with Gasteiger partial charge in [-0.2, -0.15) is 0 Å². The van der Waals surface area contributed by atoms with E-state index < -0.39 is 0 Å². The zero-order chi connectivity index (χ0) is 13.7. The monoisotopic (exact) mass is 259 g/mol. The number of aromatic amines is 1. The van der Waals surface area contributed by atoms with E-state index in [0.29, 0.717) is 0 Å². The van der Waals surface area contributed by atoms with Crippen molar-refractivity contribution in [3.63, 3.8) is 0 Å². The smallest absolute Gasteiger partial charge is 0.225 e. The number of aromatic hydroxyl groups is 1. The van der Waals surface area contributed by atoms with Gasteiger partial charge in [-0.1, -0.05) is 19.1 Å². The molecule has 2 rings (SSSR count). The second-order valence-electron chi connectivity index (χ2n) is 4.35. The van der Waals surface area contributed by atoms with Crippen molar-refractivity contribution in [2.45, 2.75) is 25.8 Å². The fraction of sp³-hybridized carbons (Fsp3) is 0.286. The quantitative estimate of drug-likeness (QED) is 0.767. The fourth-order valence-electron chi connectivity index (χ4n) is 1.88. The first kappa shape index (κ1) is 13.1. The molecule has 0 aliphatic carbocycles. The summed E-state index contributed by atoms with van der Waals surface area (Å²) in [5, 5.41) is 12.1. The SMILES string of the molecule is CCC(NC(=O)Cc1ccc(O)cc1)c1ncc[nH]1. The number of phenolic OH excluding ortho intramolecular Hbond substituents is 1. The van der Waals surface area contributed by atoms with Gasteiger partial charge in [-0.15, -0.1) is 0 Å². The summed E-state index contributed by atoms with van der Waals surface area (Å²) in [6, 6.07) is 6.53. The highest BCUT2D eigenvalue weighted by Crippen LogP contribution is 2.13. The van der Waals surface area contributed by atoms with E-state index in [1.165, 1.54) is 0 Å². The van der Waals surface area contributed by atoms with Crippen molar-refractivity contribution in [1.29, 1.82) is 0 Å². The van der Waals surface area contributed by atoms with E-state index in [-0.39, 0.29) is 24.1 Å². The summed E-state index contributed by atoms with van der Waals surface area (Å²) < 4.78 is 0. The number of phenols is 1. The van der Waals surface area contributed by atoms with E-state index in [2.05, 4.69) is 15.3 Å². The summed E-state index contributed by atoms with van der Waals surface area (Å²) in [7, 11) is 0. The van der Waals surface area contributed by atoms with Gasteiger partial charge in [0.15, 0.2) is 0 Å². The second kappa shape index (κ2) is 6.04. The van der Waals surface area contributed by atoms with Crippen LogP contribution in [0.1, 0.15) is 30.8 Å². The summed E-state index contributed by atoms with van der Waals surface area (Å²) in [6.45, 7) is 1.99. The van der Waals surface area contributed by atoms with Gasteiger partial charge in [-0.3, -0.25) is 4.79 Å². The number of benzene rings is 1. The molecule has 3 N–H and O–H groups in total. The van der Waals surface area contributed by atoms with Gasteiger partial charge < -0.3 is 15.4 Å². The predicted molar refractivity (Wildman–Crippen MR) is 71.6 cm³/mol. The highest BCUT2D eigenvalue weighted by atomic mass is 16.3. The lowest BCUT2D eigenvalue weighted by Gasteiger charge is -2.14. The Kier molecular flexibility index (Phi) is 4.18. The Hall–Kier alpha value is -2.30. The van der Waals surface area contributed by atoms with Crippen molar-refractivity contribution in [3.05, 3.63) is 48.0 Å². The van der Waals surface area contributed by atoms with Crippen LogP contribution in [-0.4, -0.2) is 21.0 Å². The molecule has 1 aromatic heterocycles. The van der Waals surface area contributed by atoms with Gasteiger partial charge in [-0.05, 0) is 24.1 Å². The molecule has 0 saturated heterocycles. The molecule has 19 heavy (non-hydrogen) atoms. The van der Waals surface area contributed by atoms with E-state index in [9.17, 15) is 9.90 Å². The first-order valence-corrected chi connectivity index (χ1v) is 6.25. The van der Waals surface area contributed by atoms with Crippen LogP contribution in [0.4, 0.5) is 0 Å². The Morgan fingerprint density at radius 2 is 2.16 bits per heavy atom. The van der Waals surface area contributed by atoms with Crippen LogP contribution in [0.3, 0.4) is 0 Å². The van der Waals surface area contributed by atoms with Gasteiger partial charge in [-0.25, -0.2) is 4.98 Å². The minimum absolute atomic E-state index is 0.0612. The molecule has 5 heteroatoms. The highest BCUT2D eigenvalue weighted by molar-refractivity contribution is 5.78. The number of H-pyrrole nitrogens is 1. The molecule has 1 amide bonds. The lowest BCUT2D eigenvalue weighted by atomic mass is 10.1. The molecule has 0 fully saturated rings. The predicted octanol–water partition coefficient (Wildman–Crippen LogP) is 1.93. The molecule has 2 aromatic rings. The maximum atomic E-state index is 11.9. The Balaban J connectivity index is 1.95. The van der Waals surface area contributed by atoms with Crippen LogP contribution in [0, 0.1) is 0 Å². The molecule has 1 unspecified atom stereocenters. The minimum Gasteiger partial charge on any atom is -0.508 e. The van der Waals surface area contributed by atoms with Crippen LogP contribution in [0.5, 0.6) is 5.75 Å². The Labute approximate surface area is 111 Å². The lowest BCUT2D eigenvalue weighted by Crippen LogP contribution is -2.30. The normalized spacial score (nSPS) is 12.1. The average Bonchev–Trinajstić information content (AvgIpc) is 2.92. The largest absolute Gasteiger partial charge is 0.508 e. The number of amides is 1. The molecule has 5 nitrogen and oxygen atoms in total. The molecule has 0 saturated carbocycles. The van der Waals surface area contributed by atoms with Crippen molar-refractivity contribution >= 4 is 5.91 Å². The molecule has 0 radical (unpaired) electrons. The molecule has 0 bridgehead atoms. The van der Waals surface area contributed by atoms with Gasteiger partial charge in [0.25, 0.3) is 0 Å². The van der Waals surface area contributed by atoms with Crippen molar-refractivity contribution in [1.82, 2.24) is 15.3 Å². The lowest BCUT2D eigenvalue weighted by molar-refractivity contribution is -0.121. The van der Waals surface area contributed by atoms with Crippen LogP contribution in [0.2, 0.25) is 0 Å². The zero-order valence-electron chi connectivity index (χ0n) is 10.8. The number of hydrogen-bond donors (Lipinski definition) is 3. The Morgan fingerprint density at radius 3 is 2.74 bits per heavy atom. The third-order valence-corrected chi connectivity index (χ3v) is 2.89. The van der Waals surface area contributed by atoms with Crippen LogP contribution >= 0.6 is 0 Å². The fourth-order valence-corrected chi connectivity index (χ4v) is 1.88. The van der Waals surface area contributed by atoms with Crippen LogP contribution < -0.4 is 5.32 Å². The maximum absolute atomic E-state index is 11.9. The Bertz CT molecular complexity index is 520. The van der Waals surface area contributed by atoms with E-state index in [1.807, 2.05) is 6.92 Å². The standard InChI is InChI=1S/C14H17N3O2/c1-2-12(14-15-7-8-16-14)17-13(19)9-10-3-5-11(18)6-4-10/h3-8,12,18H,2,9H2,1H3,(H,15,16)(H,17,19). The summed E-state index contributed by atoms with van der Waals surface area (Å²) >= 11 is 0. The number of nitrogens with zero attached hydrogens (tertiary/aromatic N) is 1. The van der Waals surface area contributed by atoms with Gasteiger partial charge in [0.2, 0.25) is 5.91 Å². The van der Waals surface area contributed by atoms with Crippen LogP contribution in [-0.2, 0) is 11.2 Å². The topological polar surface area (TPSA) is 78.0 Å². The first-order valence-electron chi connectivity index (χ1n) is 6.25. The first-order chi connectivity index (χ1) is 9.19. The molecule has 1 aromatic carbocycles. The third-order valence-electron chi connectivity index (χ3n) is 2.89. The molecular weight excluding hydrogens is 242 g/mol. The van der Waals surface area contributed by atoms with E-state index in [4.69, 9.17) is 0 Å². The van der Waals surface area contributed by atoms with Crippen molar-refractivity contribution in [2.75, 3.05) is 0 Å². The maximum Gasteiger partial charge on any atom is 0.225 e. The molecule has 100 valence electrons.